The van der Waals surface area contributed by atoms with Crippen LogP contribution in [0.25, 0.3) is 0 Å². The van der Waals surface area contributed by atoms with Crippen LogP contribution < -0.4 is 5.32 Å². The fourth-order valence-corrected chi connectivity index (χ4v) is 2.71. The lowest BCUT2D eigenvalue weighted by molar-refractivity contribution is -0.135. The molecular weight excluding hydrogens is 242 g/mol. The van der Waals surface area contributed by atoms with Crippen molar-refractivity contribution < 1.29 is 9.32 Å². The van der Waals surface area contributed by atoms with Crippen molar-refractivity contribution in [2.24, 2.45) is 5.92 Å². The second kappa shape index (κ2) is 5.74. The molecule has 1 aliphatic rings. The van der Waals surface area contributed by atoms with Crippen LogP contribution in [0.1, 0.15) is 36.8 Å². The lowest BCUT2D eigenvalue weighted by Crippen LogP contribution is -2.42. The predicted octanol–water partition coefficient (Wildman–Crippen LogP) is 1.64. The van der Waals surface area contributed by atoms with E-state index in [2.05, 4.69) is 17.4 Å². The fourth-order valence-electron chi connectivity index (χ4n) is 2.71. The Hall–Kier alpha value is -1.36. The number of hydrogen-bond donors (Lipinski definition) is 1. The maximum absolute atomic E-state index is 12.4. The third kappa shape index (κ3) is 3.15. The van der Waals surface area contributed by atoms with Crippen LogP contribution in [-0.4, -0.2) is 35.6 Å². The Labute approximate surface area is 114 Å². The molecule has 5 heteroatoms. The van der Waals surface area contributed by atoms with E-state index in [0.29, 0.717) is 12.6 Å². The highest BCUT2D eigenvalue weighted by Gasteiger charge is 2.27. The number of nitrogens with zero attached hydrogens (tertiary/aromatic N) is 2. The van der Waals surface area contributed by atoms with Crippen LogP contribution in [0.5, 0.6) is 0 Å². The topological polar surface area (TPSA) is 58.4 Å². The molecule has 1 amide bonds. The molecule has 106 valence electrons. The number of nitrogens with one attached hydrogen (secondary N) is 1. The first-order valence-electron chi connectivity index (χ1n) is 6.89. The largest absolute Gasteiger partial charge is 0.361 e. The van der Waals surface area contributed by atoms with E-state index in [9.17, 15) is 4.79 Å². The van der Waals surface area contributed by atoms with Gasteiger partial charge in [-0.15, -0.1) is 0 Å². The van der Waals surface area contributed by atoms with E-state index < -0.39 is 0 Å². The Kier molecular flexibility index (Phi) is 4.24. The number of aromatic nitrogens is 1. The molecule has 1 N–H and O–H groups in total. The first kappa shape index (κ1) is 14.1. The van der Waals surface area contributed by atoms with E-state index in [4.69, 9.17) is 4.52 Å². The summed E-state index contributed by atoms with van der Waals surface area (Å²) in [5.41, 5.74) is 1.90. The van der Waals surface area contributed by atoms with Gasteiger partial charge in [0.1, 0.15) is 5.76 Å². The Morgan fingerprint density at radius 3 is 2.84 bits per heavy atom. The maximum atomic E-state index is 12.4. The second-order valence-corrected chi connectivity index (χ2v) is 5.57. The van der Waals surface area contributed by atoms with Gasteiger partial charge in [-0.05, 0) is 40.2 Å². The molecule has 0 aliphatic carbocycles. The van der Waals surface area contributed by atoms with Gasteiger partial charge in [-0.1, -0.05) is 5.16 Å². The molecule has 5 nitrogen and oxygen atoms in total. The first-order chi connectivity index (χ1) is 8.99. The van der Waals surface area contributed by atoms with Gasteiger partial charge in [-0.25, -0.2) is 0 Å². The molecule has 0 bridgehead atoms. The van der Waals surface area contributed by atoms with Gasteiger partial charge >= 0.3 is 0 Å². The minimum absolute atomic E-state index is 0.140. The zero-order chi connectivity index (χ0) is 14.0. The molecule has 0 saturated carbocycles. The molecule has 19 heavy (non-hydrogen) atoms. The molecule has 1 aromatic heterocycles. The summed E-state index contributed by atoms with van der Waals surface area (Å²) in [4.78, 5) is 14.2. The molecule has 0 radical (unpaired) electrons. The number of amides is 1. The smallest absolute Gasteiger partial charge is 0.225 e. The van der Waals surface area contributed by atoms with Crippen molar-refractivity contribution in [2.75, 3.05) is 13.6 Å². The highest BCUT2D eigenvalue weighted by Crippen LogP contribution is 2.21. The molecule has 1 saturated heterocycles. The van der Waals surface area contributed by atoms with Crippen molar-refractivity contribution in [1.82, 2.24) is 15.4 Å². The third-order valence-electron chi connectivity index (χ3n) is 3.93. The highest BCUT2D eigenvalue weighted by atomic mass is 16.5. The van der Waals surface area contributed by atoms with E-state index in [0.717, 1.165) is 36.4 Å². The molecule has 2 unspecified atom stereocenters. The Morgan fingerprint density at radius 1 is 1.53 bits per heavy atom. The summed E-state index contributed by atoms with van der Waals surface area (Å²) < 4.78 is 5.14. The average Bonchev–Trinajstić information content (AvgIpc) is 2.69. The number of carbonyl (C=O) groups is 1. The van der Waals surface area contributed by atoms with Crippen molar-refractivity contribution in [3.63, 3.8) is 0 Å². The van der Waals surface area contributed by atoms with E-state index >= 15 is 0 Å². The first-order valence-corrected chi connectivity index (χ1v) is 6.89. The highest BCUT2D eigenvalue weighted by molar-refractivity contribution is 5.78. The quantitative estimate of drug-likeness (QED) is 0.902. The normalized spacial score (nSPS) is 23.4. The number of piperidine rings is 1. The summed E-state index contributed by atoms with van der Waals surface area (Å²) in [5, 5.41) is 7.30. The van der Waals surface area contributed by atoms with Crippen molar-refractivity contribution in [3.8, 4) is 0 Å². The van der Waals surface area contributed by atoms with E-state index in [1.807, 2.05) is 20.9 Å². The Bertz CT molecular complexity index is 436. The molecule has 2 atom stereocenters. The molecule has 2 heterocycles. The number of hydrogen-bond acceptors (Lipinski definition) is 4. The van der Waals surface area contributed by atoms with Crippen LogP contribution in [-0.2, 0) is 11.3 Å². The van der Waals surface area contributed by atoms with Crippen molar-refractivity contribution in [2.45, 2.75) is 46.2 Å². The SMILES string of the molecule is Cc1noc(C)c1CN(C)C(=O)C1CCNC(C)C1. The molecule has 2 rings (SSSR count). The van der Waals surface area contributed by atoms with E-state index in [1.165, 1.54) is 0 Å². The molecule has 1 fully saturated rings. The lowest BCUT2D eigenvalue weighted by atomic mass is 9.92. The molecule has 1 aliphatic heterocycles. The van der Waals surface area contributed by atoms with Crippen LogP contribution in [0.4, 0.5) is 0 Å². The molecule has 1 aromatic rings. The van der Waals surface area contributed by atoms with Gasteiger partial charge in [0.05, 0.1) is 12.2 Å². The monoisotopic (exact) mass is 265 g/mol. The summed E-state index contributed by atoms with van der Waals surface area (Å²) in [5.74, 6) is 1.17. The van der Waals surface area contributed by atoms with Crippen molar-refractivity contribution in [3.05, 3.63) is 17.0 Å². The number of carbonyl (C=O) groups excluding carboxylic acids is 1. The predicted molar refractivity (Wildman–Crippen MR) is 72.6 cm³/mol. The van der Waals surface area contributed by atoms with E-state index in [-0.39, 0.29) is 11.8 Å². The van der Waals surface area contributed by atoms with Crippen molar-refractivity contribution >= 4 is 5.91 Å². The Balaban J connectivity index is 1.99. The lowest BCUT2D eigenvalue weighted by Gasteiger charge is -2.30. The van der Waals surface area contributed by atoms with Crippen LogP contribution in [0.15, 0.2) is 4.52 Å². The van der Waals surface area contributed by atoms with Crippen LogP contribution in [0, 0.1) is 19.8 Å². The van der Waals surface area contributed by atoms with Crippen LogP contribution in [0.2, 0.25) is 0 Å². The van der Waals surface area contributed by atoms with Gasteiger partial charge in [0, 0.05) is 24.6 Å². The fraction of sp³-hybridized carbons (Fsp3) is 0.714. The summed E-state index contributed by atoms with van der Waals surface area (Å²) in [6, 6.07) is 0.426. The zero-order valence-corrected chi connectivity index (χ0v) is 12.2. The minimum atomic E-state index is 0.140. The molecule has 0 aromatic carbocycles. The number of rotatable bonds is 3. The zero-order valence-electron chi connectivity index (χ0n) is 12.2. The second-order valence-electron chi connectivity index (χ2n) is 5.57. The van der Waals surface area contributed by atoms with Gasteiger partial charge in [0.15, 0.2) is 0 Å². The van der Waals surface area contributed by atoms with Gasteiger partial charge in [-0.3, -0.25) is 4.79 Å². The summed E-state index contributed by atoms with van der Waals surface area (Å²) >= 11 is 0. The van der Waals surface area contributed by atoms with Crippen LogP contribution in [0.3, 0.4) is 0 Å². The average molecular weight is 265 g/mol. The van der Waals surface area contributed by atoms with Gasteiger partial charge in [-0.2, -0.15) is 0 Å². The Morgan fingerprint density at radius 2 is 2.26 bits per heavy atom. The molecular formula is C14H23N3O2. The maximum Gasteiger partial charge on any atom is 0.225 e. The van der Waals surface area contributed by atoms with E-state index in [1.54, 1.807) is 4.90 Å². The van der Waals surface area contributed by atoms with Gasteiger partial charge in [0.25, 0.3) is 0 Å². The standard InChI is InChI=1S/C14H23N3O2/c1-9-7-12(5-6-15-9)14(18)17(4)8-13-10(2)16-19-11(13)3/h9,12,15H,5-8H2,1-4H3. The summed E-state index contributed by atoms with van der Waals surface area (Å²) in [7, 11) is 1.86. The third-order valence-corrected chi connectivity index (χ3v) is 3.93. The minimum Gasteiger partial charge on any atom is -0.361 e. The number of aryl methyl sites for hydroxylation is 2. The summed E-state index contributed by atoms with van der Waals surface area (Å²) in [6.07, 6.45) is 1.85. The van der Waals surface area contributed by atoms with Gasteiger partial charge in [0.2, 0.25) is 5.91 Å². The van der Waals surface area contributed by atoms with Crippen molar-refractivity contribution in [1.29, 1.82) is 0 Å². The van der Waals surface area contributed by atoms with Gasteiger partial charge < -0.3 is 14.7 Å². The molecule has 0 spiro atoms. The summed E-state index contributed by atoms with van der Waals surface area (Å²) in [6.45, 7) is 7.44. The van der Waals surface area contributed by atoms with Crippen LogP contribution >= 0.6 is 0 Å².